The second-order valence-electron chi connectivity index (χ2n) is 8.01. The molecule has 2 aromatic heterocycles. The van der Waals surface area contributed by atoms with Gasteiger partial charge in [-0.3, -0.25) is 14.5 Å². The number of hydrogen-bond acceptors (Lipinski definition) is 4. The highest BCUT2D eigenvalue weighted by Gasteiger charge is 2.31. The molecular formula is C23H26ClN5O2. The monoisotopic (exact) mass is 439 g/mol. The van der Waals surface area contributed by atoms with Gasteiger partial charge in [-0.25, -0.2) is 4.98 Å². The van der Waals surface area contributed by atoms with Crippen molar-refractivity contribution in [3.8, 4) is 0 Å². The molecule has 1 aliphatic heterocycles. The van der Waals surface area contributed by atoms with Crippen LogP contribution >= 0.6 is 11.6 Å². The Morgan fingerprint density at radius 1 is 1.26 bits per heavy atom. The molecule has 3 aromatic rings. The smallest absolute Gasteiger partial charge is 0.243 e. The summed E-state index contributed by atoms with van der Waals surface area (Å²) in [6, 6.07) is 10.4. The van der Waals surface area contributed by atoms with Crippen molar-refractivity contribution in [3.05, 3.63) is 64.9 Å². The van der Waals surface area contributed by atoms with Gasteiger partial charge in [0, 0.05) is 35.8 Å². The number of likely N-dealkylation sites (N-methyl/N-ethyl adjacent to an activating group) is 1. The van der Waals surface area contributed by atoms with Crippen molar-refractivity contribution >= 4 is 34.4 Å². The largest absolute Gasteiger partial charge is 0.350 e. The highest BCUT2D eigenvalue weighted by Crippen LogP contribution is 2.16. The third kappa shape index (κ3) is 5.24. The summed E-state index contributed by atoms with van der Waals surface area (Å²) in [5.41, 5.74) is 2.64. The standard InChI is InChI=1S/C23H26ClN5O2/c1-29-10-2-3-20(29)23(31)28-19(12-15-4-6-18(24)7-5-15)22(30)27-14-16-11-17-8-9-25-21(17)26-13-16/h4-9,11,13,19-20H,2-3,10,12,14H2,1H3,(H,25,26)(H,27,30)(H,28,31)/t19-,20?/m0/s1. The number of amides is 2. The Hall–Kier alpha value is -2.90. The highest BCUT2D eigenvalue weighted by molar-refractivity contribution is 6.30. The number of hydrogen-bond donors (Lipinski definition) is 3. The van der Waals surface area contributed by atoms with Crippen LogP contribution in [0, 0.1) is 0 Å². The molecule has 3 heterocycles. The summed E-state index contributed by atoms with van der Waals surface area (Å²) in [6.45, 7) is 1.23. The van der Waals surface area contributed by atoms with Gasteiger partial charge in [0.1, 0.15) is 11.7 Å². The maximum atomic E-state index is 13.0. The van der Waals surface area contributed by atoms with Gasteiger partial charge in [0.05, 0.1) is 6.04 Å². The third-order valence-electron chi connectivity index (χ3n) is 5.73. The Labute approximate surface area is 186 Å². The van der Waals surface area contributed by atoms with Crippen molar-refractivity contribution in [1.82, 2.24) is 25.5 Å². The molecule has 1 aromatic carbocycles. The van der Waals surface area contributed by atoms with Crippen LogP contribution in [0.2, 0.25) is 5.02 Å². The maximum absolute atomic E-state index is 13.0. The lowest BCUT2D eigenvalue weighted by Crippen LogP contribution is -2.52. The summed E-state index contributed by atoms with van der Waals surface area (Å²) in [5, 5.41) is 7.54. The second-order valence-corrected chi connectivity index (χ2v) is 8.44. The summed E-state index contributed by atoms with van der Waals surface area (Å²) < 4.78 is 0. The van der Waals surface area contributed by atoms with Crippen molar-refractivity contribution in [1.29, 1.82) is 0 Å². The van der Waals surface area contributed by atoms with Crippen LogP contribution in [0.25, 0.3) is 11.0 Å². The molecule has 162 valence electrons. The van der Waals surface area contributed by atoms with Gasteiger partial charge in [0.2, 0.25) is 11.8 Å². The first-order valence-electron chi connectivity index (χ1n) is 10.4. The van der Waals surface area contributed by atoms with E-state index in [-0.39, 0.29) is 17.9 Å². The van der Waals surface area contributed by atoms with Gasteiger partial charge < -0.3 is 15.6 Å². The number of rotatable bonds is 7. The number of likely N-dealkylation sites (tertiary alicyclic amines) is 1. The van der Waals surface area contributed by atoms with E-state index < -0.39 is 6.04 Å². The van der Waals surface area contributed by atoms with Crippen LogP contribution < -0.4 is 10.6 Å². The number of benzene rings is 1. The molecular weight excluding hydrogens is 414 g/mol. The van der Waals surface area contributed by atoms with E-state index in [0.717, 1.165) is 41.5 Å². The van der Waals surface area contributed by atoms with E-state index in [0.29, 0.717) is 18.0 Å². The number of halogens is 1. The Bertz CT molecular complexity index is 1070. The second kappa shape index (κ2) is 9.49. The first kappa shape index (κ1) is 21.3. The van der Waals surface area contributed by atoms with E-state index in [1.165, 1.54) is 0 Å². The molecule has 8 heteroatoms. The number of carbonyl (C=O) groups is 2. The van der Waals surface area contributed by atoms with Crippen LogP contribution in [-0.4, -0.2) is 52.4 Å². The Kier molecular flexibility index (Phi) is 6.53. The van der Waals surface area contributed by atoms with Gasteiger partial charge in [0.25, 0.3) is 0 Å². The number of carbonyl (C=O) groups excluding carboxylic acids is 2. The lowest BCUT2D eigenvalue weighted by Gasteiger charge is -2.23. The number of aromatic nitrogens is 2. The molecule has 0 bridgehead atoms. The van der Waals surface area contributed by atoms with Crippen LogP contribution in [0.15, 0.2) is 48.8 Å². The van der Waals surface area contributed by atoms with E-state index >= 15 is 0 Å². The van der Waals surface area contributed by atoms with E-state index in [2.05, 4.69) is 20.6 Å². The molecule has 0 aliphatic carbocycles. The van der Waals surface area contributed by atoms with Crippen molar-refractivity contribution in [2.24, 2.45) is 0 Å². The van der Waals surface area contributed by atoms with Crippen LogP contribution in [0.5, 0.6) is 0 Å². The fourth-order valence-electron chi connectivity index (χ4n) is 3.97. The summed E-state index contributed by atoms with van der Waals surface area (Å²) in [7, 11) is 1.94. The van der Waals surface area contributed by atoms with Crippen LogP contribution in [0.3, 0.4) is 0 Å². The zero-order valence-electron chi connectivity index (χ0n) is 17.4. The zero-order valence-corrected chi connectivity index (χ0v) is 18.2. The first-order chi connectivity index (χ1) is 15.0. The molecule has 7 nitrogen and oxygen atoms in total. The third-order valence-corrected chi connectivity index (χ3v) is 5.98. The SMILES string of the molecule is CN1CCCC1C(=O)N[C@@H](Cc1ccc(Cl)cc1)C(=O)NCc1cnc2[nH]ccc2c1. The molecule has 1 aliphatic rings. The van der Waals surface area contributed by atoms with Crippen LogP contribution in [0.4, 0.5) is 0 Å². The molecule has 1 fully saturated rings. The molecule has 31 heavy (non-hydrogen) atoms. The average Bonchev–Trinajstić information content (AvgIpc) is 3.41. The zero-order chi connectivity index (χ0) is 21.8. The minimum atomic E-state index is -0.674. The van der Waals surface area contributed by atoms with E-state index in [1.54, 1.807) is 18.3 Å². The lowest BCUT2D eigenvalue weighted by molar-refractivity contribution is -0.131. The van der Waals surface area contributed by atoms with Gasteiger partial charge in [-0.2, -0.15) is 0 Å². The molecule has 4 rings (SSSR count). The number of pyridine rings is 1. The maximum Gasteiger partial charge on any atom is 0.243 e. The predicted octanol–water partition coefficient (Wildman–Crippen LogP) is 2.65. The number of nitrogens with zero attached hydrogens (tertiary/aromatic N) is 2. The topological polar surface area (TPSA) is 90.1 Å². The molecule has 0 spiro atoms. The molecule has 0 radical (unpaired) electrons. The van der Waals surface area contributed by atoms with Crippen molar-refractivity contribution < 1.29 is 9.59 Å². The van der Waals surface area contributed by atoms with Crippen molar-refractivity contribution in [2.45, 2.75) is 37.9 Å². The van der Waals surface area contributed by atoms with Gasteiger partial charge in [-0.1, -0.05) is 23.7 Å². The lowest BCUT2D eigenvalue weighted by atomic mass is 10.0. The minimum Gasteiger partial charge on any atom is -0.350 e. The normalized spacial score (nSPS) is 17.5. The summed E-state index contributed by atoms with van der Waals surface area (Å²) in [4.78, 5) is 35.3. The fourth-order valence-corrected chi connectivity index (χ4v) is 4.10. The molecule has 3 N–H and O–H groups in total. The number of aromatic amines is 1. The van der Waals surface area contributed by atoms with Crippen molar-refractivity contribution in [3.63, 3.8) is 0 Å². The van der Waals surface area contributed by atoms with Gasteiger partial charge in [0.15, 0.2) is 0 Å². The van der Waals surface area contributed by atoms with Gasteiger partial charge in [-0.15, -0.1) is 0 Å². The molecule has 2 atom stereocenters. The number of fused-ring (bicyclic) bond motifs is 1. The quantitative estimate of drug-likeness (QED) is 0.528. The van der Waals surface area contributed by atoms with E-state index in [1.807, 2.05) is 42.4 Å². The predicted molar refractivity (Wildman–Crippen MR) is 121 cm³/mol. The number of H-pyrrole nitrogens is 1. The molecule has 2 amide bonds. The molecule has 0 saturated carbocycles. The minimum absolute atomic E-state index is 0.107. The fraction of sp³-hybridized carbons (Fsp3) is 0.348. The summed E-state index contributed by atoms with van der Waals surface area (Å²) >= 11 is 5.99. The van der Waals surface area contributed by atoms with Crippen LogP contribution in [0.1, 0.15) is 24.0 Å². The summed E-state index contributed by atoms with van der Waals surface area (Å²) in [6.07, 6.45) is 5.74. The van der Waals surface area contributed by atoms with Crippen LogP contribution in [-0.2, 0) is 22.6 Å². The Balaban J connectivity index is 1.45. The van der Waals surface area contributed by atoms with Gasteiger partial charge >= 0.3 is 0 Å². The van der Waals surface area contributed by atoms with E-state index in [4.69, 9.17) is 11.6 Å². The van der Waals surface area contributed by atoms with Crippen molar-refractivity contribution in [2.75, 3.05) is 13.6 Å². The van der Waals surface area contributed by atoms with Gasteiger partial charge in [-0.05, 0) is 61.8 Å². The average molecular weight is 440 g/mol. The highest BCUT2D eigenvalue weighted by atomic mass is 35.5. The number of nitrogens with one attached hydrogen (secondary N) is 3. The molecule has 1 saturated heterocycles. The first-order valence-corrected chi connectivity index (χ1v) is 10.8. The Morgan fingerprint density at radius 2 is 2.06 bits per heavy atom. The summed E-state index contributed by atoms with van der Waals surface area (Å²) in [5.74, 6) is -0.331. The van der Waals surface area contributed by atoms with E-state index in [9.17, 15) is 9.59 Å². The molecule has 1 unspecified atom stereocenters. The Morgan fingerprint density at radius 3 is 2.81 bits per heavy atom.